The van der Waals surface area contributed by atoms with Crippen molar-refractivity contribution in [3.05, 3.63) is 94.6 Å². The van der Waals surface area contributed by atoms with E-state index < -0.39 is 0 Å². The molecule has 4 nitrogen and oxygen atoms in total. The van der Waals surface area contributed by atoms with Crippen LogP contribution < -0.4 is 0 Å². The fraction of sp³-hybridized carbons (Fsp3) is 0.320. The molecule has 1 atom stereocenters. The maximum absolute atomic E-state index is 12.9. The van der Waals surface area contributed by atoms with Gasteiger partial charge in [0.2, 0.25) is 0 Å². The average molecular weight is 386 g/mol. The first kappa shape index (κ1) is 19.3. The van der Waals surface area contributed by atoms with E-state index in [1.165, 1.54) is 16.7 Å². The molecular weight excluding hydrogens is 358 g/mol. The summed E-state index contributed by atoms with van der Waals surface area (Å²) in [6.07, 6.45) is 6.34. The summed E-state index contributed by atoms with van der Waals surface area (Å²) in [5.74, 6) is 0.370. The number of nitrogens with zero attached hydrogens (tertiary/aromatic N) is 3. The Labute approximate surface area is 172 Å². The third-order valence-corrected chi connectivity index (χ3v) is 5.74. The number of rotatable bonds is 4. The summed E-state index contributed by atoms with van der Waals surface area (Å²) in [7, 11) is 0. The molecule has 4 rings (SSSR count). The number of hydrogen-bond donors (Lipinski definition) is 0. The molecule has 0 unspecified atom stereocenters. The van der Waals surface area contributed by atoms with Gasteiger partial charge in [0.1, 0.15) is 0 Å². The minimum Gasteiger partial charge on any atom is -0.338 e. The lowest BCUT2D eigenvalue weighted by Gasteiger charge is -2.33. The average Bonchev–Trinajstić information content (AvgIpc) is 2.75. The van der Waals surface area contributed by atoms with Crippen molar-refractivity contribution < 1.29 is 4.79 Å². The topological polar surface area (TPSA) is 46.1 Å². The zero-order chi connectivity index (χ0) is 20.2. The first-order valence-electron chi connectivity index (χ1n) is 10.3. The standard InChI is InChI=1S/C25H27N3O/c1-18-6-3-4-7-22(18)15-20-14-19(2)27-24(16-20)23-8-5-13-28(17-23)25(29)21-9-11-26-12-10-21/h3-4,6-7,9-12,14,16,23H,5,8,13,15,17H2,1-2H3/t23-/m0/s1. The molecule has 3 aromatic rings. The van der Waals surface area contributed by atoms with Crippen LogP contribution in [0.1, 0.15) is 57.2 Å². The van der Waals surface area contributed by atoms with Crippen LogP contribution in [0.15, 0.2) is 60.9 Å². The van der Waals surface area contributed by atoms with Crippen LogP contribution in [0.5, 0.6) is 0 Å². The number of piperidine rings is 1. The highest BCUT2D eigenvalue weighted by Crippen LogP contribution is 2.28. The fourth-order valence-electron chi connectivity index (χ4n) is 4.19. The van der Waals surface area contributed by atoms with Gasteiger partial charge in [-0.05, 0) is 74.1 Å². The van der Waals surface area contributed by atoms with Gasteiger partial charge >= 0.3 is 0 Å². The molecule has 0 saturated carbocycles. The molecule has 4 heteroatoms. The Kier molecular flexibility index (Phi) is 5.70. The molecule has 2 aromatic heterocycles. The van der Waals surface area contributed by atoms with Crippen LogP contribution in [0.3, 0.4) is 0 Å². The minimum atomic E-state index is 0.0879. The van der Waals surface area contributed by atoms with E-state index in [0.717, 1.165) is 43.7 Å². The van der Waals surface area contributed by atoms with E-state index in [4.69, 9.17) is 4.98 Å². The summed E-state index contributed by atoms with van der Waals surface area (Å²) in [5, 5.41) is 0. The van der Waals surface area contributed by atoms with Crippen molar-refractivity contribution in [1.82, 2.24) is 14.9 Å². The number of pyridine rings is 2. The van der Waals surface area contributed by atoms with Gasteiger partial charge < -0.3 is 4.90 Å². The van der Waals surface area contributed by atoms with Gasteiger partial charge in [0.15, 0.2) is 0 Å². The number of aromatic nitrogens is 2. The van der Waals surface area contributed by atoms with Crippen LogP contribution in [-0.2, 0) is 6.42 Å². The summed E-state index contributed by atoms with van der Waals surface area (Å²) >= 11 is 0. The Morgan fingerprint density at radius 1 is 1.10 bits per heavy atom. The third kappa shape index (κ3) is 4.53. The van der Waals surface area contributed by atoms with E-state index in [0.29, 0.717) is 5.56 Å². The van der Waals surface area contributed by atoms with Crippen LogP contribution in [-0.4, -0.2) is 33.9 Å². The molecule has 0 N–H and O–H groups in total. The third-order valence-electron chi connectivity index (χ3n) is 5.74. The number of likely N-dealkylation sites (tertiary alicyclic amines) is 1. The molecular formula is C25H27N3O. The van der Waals surface area contributed by atoms with Crippen LogP contribution in [0.4, 0.5) is 0 Å². The van der Waals surface area contributed by atoms with Crippen LogP contribution in [0.25, 0.3) is 0 Å². The van der Waals surface area contributed by atoms with Crippen molar-refractivity contribution in [2.45, 2.75) is 39.0 Å². The van der Waals surface area contributed by atoms with E-state index in [1.54, 1.807) is 24.5 Å². The number of benzene rings is 1. The minimum absolute atomic E-state index is 0.0879. The number of hydrogen-bond acceptors (Lipinski definition) is 3. The predicted octanol–water partition coefficient (Wildman–Crippen LogP) is 4.70. The summed E-state index contributed by atoms with van der Waals surface area (Å²) in [5.41, 5.74) is 6.82. The van der Waals surface area contributed by atoms with Gasteiger partial charge in [0.05, 0.1) is 0 Å². The van der Waals surface area contributed by atoms with Crippen LogP contribution in [0.2, 0.25) is 0 Å². The molecule has 1 saturated heterocycles. The lowest BCUT2D eigenvalue weighted by atomic mass is 9.91. The summed E-state index contributed by atoms with van der Waals surface area (Å²) in [4.78, 5) is 23.7. The molecule has 148 valence electrons. The van der Waals surface area contributed by atoms with Gasteiger partial charge in [-0.2, -0.15) is 0 Å². The summed E-state index contributed by atoms with van der Waals surface area (Å²) in [6, 6.07) is 16.5. The molecule has 1 aliphatic heterocycles. The van der Waals surface area contributed by atoms with Crippen LogP contribution in [0, 0.1) is 13.8 Å². The maximum Gasteiger partial charge on any atom is 0.253 e. The lowest BCUT2D eigenvalue weighted by molar-refractivity contribution is 0.0705. The predicted molar refractivity (Wildman–Crippen MR) is 115 cm³/mol. The Balaban J connectivity index is 1.54. The second-order valence-corrected chi connectivity index (χ2v) is 7.97. The van der Waals surface area contributed by atoms with Crippen molar-refractivity contribution in [2.75, 3.05) is 13.1 Å². The van der Waals surface area contributed by atoms with E-state index in [9.17, 15) is 4.79 Å². The van der Waals surface area contributed by atoms with Gasteiger partial charge in [-0.15, -0.1) is 0 Å². The molecule has 0 radical (unpaired) electrons. The fourth-order valence-corrected chi connectivity index (χ4v) is 4.19. The van der Waals surface area contributed by atoms with Gasteiger partial charge in [-0.25, -0.2) is 0 Å². The molecule has 0 bridgehead atoms. The monoisotopic (exact) mass is 385 g/mol. The van der Waals surface area contributed by atoms with Gasteiger partial charge in [0.25, 0.3) is 5.91 Å². The molecule has 1 aromatic carbocycles. The Bertz CT molecular complexity index is 1000. The van der Waals surface area contributed by atoms with Crippen molar-refractivity contribution >= 4 is 5.91 Å². The molecule has 3 heterocycles. The Hall–Kier alpha value is -3.01. The summed E-state index contributed by atoms with van der Waals surface area (Å²) < 4.78 is 0. The quantitative estimate of drug-likeness (QED) is 0.654. The second-order valence-electron chi connectivity index (χ2n) is 7.97. The van der Waals surface area contributed by atoms with Gasteiger partial charge in [-0.1, -0.05) is 24.3 Å². The molecule has 0 spiro atoms. The number of aryl methyl sites for hydroxylation is 2. The molecule has 0 aliphatic carbocycles. The van der Waals surface area contributed by atoms with Crippen molar-refractivity contribution in [3.8, 4) is 0 Å². The van der Waals surface area contributed by atoms with Crippen molar-refractivity contribution in [1.29, 1.82) is 0 Å². The molecule has 1 aliphatic rings. The number of amides is 1. The Morgan fingerprint density at radius 3 is 2.69 bits per heavy atom. The lowest BCUT2D eigenvalue weighted by Crippen LogP contribution is -2.39. The Morgan fingerprint density at radius 2 is 1.90 bits per heavy atom. The number of carbonyl (C=O) groups is 1. The smallest absolute Gasteiger partial charge is 0.253 e. The zero-order valence-electron chi connectivity index (χ0n) is 17.1. The van der Waals surface area contributed by atoms with Crippen molar-refractivity contribution in [2.24, 2.45) is 0 Å². The van der Waals surface area contributed by atoms with E-state index in [2.05, 4.69) is 55.2 Å². The van der Waals surface area contributed by atoms with Gasteiger partial charge in [0, 0.05) is 48.4 Å². The first-order valence-corrected chi connectivity index (χ1v) is 10.3. The maximum atomic E-state index is 12.9. The number of carbonyl (C=O) groups excluding carboxylic acids is 1. The van der Waals surface area contributed by atoms with Gasteiger partial charge in [-0.3, -0.25) is 14.8 Å². The molecule has 1 fully saturated rings. The largest absolute Gasteiger partial charge is 0.338 e. The molecule has 29 heavy (non-hydrogen) atoms. The highest BCUT2D eigenvalue weighted by atomic mass is 16.2. The SMILES string of the molecule is Cc1cc(Cc2ccccc2C)cc([C@H]2CCCN(C(=O)c3ccncc3)C2)n1. The van der Waals surface area contributed by atoms with E-state index >= 15 is 0 Å². The normalized spacial score (nSPS) is 16.6. The van der Waals surface area contributed by atoms with Crippen LogP contribution >= 0.6 is 0 Å². The van der Waals surface area contributed by atoms with Crippen molar-refractivity contribution in [3.63, 3.8) is 0 Å². The molecule has 1 amide bonds. The van der Waals surface area contributed by atoms with E-state index in [-0.39, 0.29) is 11.8 Å². The highest BCUT2D eigenvalue weighted by Gasteiger charge is 2.26. The summed E-state index contributed by atoms with van der Waals surface area (Å²) in [6.45, 7) is 5.75. The first-order chi connectivity index (χ1) is 14.1. The zero-order valence-corrected chi connectivity index (χ0v) is 17.1. The highest BCUT2D eigenvalue weighted by molar-refractivity contribution is 5.94. The van der Waals surface area contributed by atoms with E-state index in [1.807, 2.05) is 4.90 Å². The second kappa shape index (κ2) is 8.56.